The highest BCUT2D eigenvalue weighted by Crippen LogP contribution is 2.33. The largest absolute Gasteiger partial charge is 0.296 e. The molecule has 4 aromatic rings. The van der Waals surface area contributed by atoms with Crippen molar-refractivity contribution in [1.82, 2.24) is 34.9 Å². The normalized spacial score (nSPS) is 12.5. The third-order valence-electron chi connectivity index (χ3n) is 5.53. The standard InChI is InChI=1S/C23H27N7/c1-15-11-10-12-16(2)21(15)30-23(24-26-27-30)22(28(5)6)20-17(3)25-29(18(20)4)19-13-8-7-9-14-19/h7-14,22H,1-6H3/t22-/m1/s1. The van der Waals surface area contributed by atoms with Crippen molar-refractivity contribution >= 4 is 0 Å². The Balaban J connectivity index is 1.90. The molecule has 0 amide bonds. The van der Waals surface area contributed by atoms with Crippen molar-refractivity contribution in [1.29, 1.82) is 0 Å². The molecule has 0 unspecified atom stereocenters. The highest BCUT2D eigenvalue weighted by molar-refractivity contribution is 5.48. The molecular formula is C23H27N7. The van der Waals surface area contributed by atoms with Crippen molar-refractivity contribution in [2.75, 3.05) is 14.1 Å². The number of benzene rings is 2. The molecule has 0 saturated heterocycles. The summed E-state index contributed by atoms with van der Waals surface area (Å²) in [5, 5.41) is 17.7. The van der Waals surface area contributed by atoms with Gasteiger partial charge in [-0.25, -0.2) is 4.68 Å². The fraction of sp³-hybridized carbons (Fsp3) is 0.304. The summed E-state index contributed by atoms with van der Waals surface area (Å²) in [4.78, 5) is 2.14. The van der Waals surface area contributed by atoms with Crippen LogP contribution in [0, 0.1) is 27.7 Å². The van der Waals surface area contributed by atoms with E-state index in [1.165, 1.54) is 0 Å². The van der Waals surface area contributed by atoms with E-state index in [2.05, 4.69) is 71.5 Å². The smallest absolute Gasteiger partial charge is 0.178 e. The maximum Gasteiger partial charge on any atom is 0.178 e. The number of hydrogen-bond acceptors (Lipinski definition) is 5. The molecule has 0 aliphatic carbocycles. The van der Waals surface area contributed by atoms with Gasteiger partial charge < -0.3 is 0 Å². The lowest BCUT2D eigenvalue weighted by Gasteiger charge is -2.25. The van der Waals surface area contributed by atoms with Crippen molar-refractivity contribution in [3.63, 3.8) is 0 Å². The first-order valence-corrected chi connectivity index (χ1v) is 10.0. The maximum absolute atomic E-state index is 4.84. The second-order valence-electron chi connectivity index (χ2n) is 7.89. The van der Waals surface area contributed by atoms with Crippen LogP contribution in [0.3, 0.4) is 0 Å². The fourth-order valence-corrected chi connectivity index (χ4v) is 4.15. The number of para-hydroxylation sites is 2. The highest BCUT2D eigenvalue weighted by atomic mass is 15.6. The average molecular weight is 402 g/mol. The minimum absolute atomic E-state index is 0.142. The third kappa shape index (κ3) is 3.31. The van der Waals surface area contributed by atoms with Gasteiger partial charge in [0.05, 0.1) is 17.1 Å². The van der Waals surface area contributed by atoms with Gasteiger partial charge in [0.15, 0.2) is 5.82 Å². The van der Waals surface area contributed by atoms with E-state index in [-0.39, 0.29) is 6.04 Å². The molecule has 0 N–H and O–H groups in total. The second kappa shape index (κ2) is 7.84. The number of tetrazole rings is 1. The highest BCUT2D eigenvalue weighted by Gasteiger charge is 2.30. The first-order valence-electron chi connectivity index (χ1n) is 10.0. The van der Waals surface area contributed by atoms with Gasteiger partial charge in [-0.2, -0.15) is 9.78 Å². The summed E-state index contributed by atoms with van der Waals surface area (Å²) in [7, 11) is 4.10. The number of nitrogens with zero attached hydrogens (tertiary/aromatic N) is 7. The quantitative estimate of drug-likeness (QED) is 0.510. The predicted molar refractivity (Wildman–Crippen MR) is 117 cm³/mol. The summed E-state index contributed by atoms with van der Waals surface area (Å²) < 4.78 is 3.86. The third-order valence-corrected chi connectivity index (χ3v) is 5.53. The minimum Gasteiger partial charge on any atom is -0.296 e. The van der Waals surface area contributed by atoms with Crippen LogP contribution in [0.15, 0.2) is 48.5 Å². The van der Waals surface area contributed by atoms with Crippen molar-refractivity contribution in [2.24, 2.45) is 0 Å². The lowest BCUT2D eigenvalue weighted by atomic mass is 10.0. The van der Waals surface area contributed by atoms with E-state index in [0.717, 1.165) is 45.3 Å². The number of rotatable bonds is 5. The SMILES string of the molecule is Cc1cccc(C)c1-n1nnnc1[C@@H](c1c(C)nn(-c2ccccc2)c1C)N(C)C. The van der Waals surface area contributed by atoms with Crippen molar-refractivity contribution in [3.05, 3.63) is 82.4 Å². The molecule has 0 bridgehead atoms. The molecule has 1 atom stereocenters. The summed E-state index contributed by atoms with van der Waals surface area (Å²) in [5.74, 6) is 0.774. The van der Waals surface area contributed by atoms with Gasteiger partial charge in [0.25, 0.3) is 0 Å². The zero-order valence-electron chi connectivity index (χ0n) is 18.3. The predicted octanol–water partition coefficient (Wildman–Crippen LogP) is 3.73. The van der Waals surface area contributed by atoms with Crippen LogP contribution >= 0.6 is 0 Å². The Labute approximate surface area is 177 Å². The van der Waals surface area contributed by atoms with E-state index in [0.29, 0.717) is 0 Å². The van der Waals surface area contributed by atoms with Crippen LogP contribution in [0.2, 0.25) is 0 Å². The molecule has 2 aromatic carbocycles. The van der Waals surface area contributed by atoms with Gasteiger partial charge in [0.1, 0.15) is 6.04 Å². The van der Waals surface area contributed by atoms with Crippen LogP contribution in [0.5, 0.6) is 0 Å². The zero-order valence-corrected chi connectivity index (χ0v) is 18.3. The minimum atomic E-state index is -0.142. The molecule has 154 valence electrons. The molecule has 0 aliphatic heterocycles. The van der Waals surface area contributed by atoms with Crippen molar-refractivity contribution < 1.29 is 0 Å². The topological polar surface area (TPSA) is 64.7 Å². The van der Waals surface area contributed by atoms with Crippen molar-refractivity contribution in [3.8, 4) is 11.4 Å². The van der Waals surface area contributed by atoms with Gasteiger partial charge in [-0.3, -0.25) is 4.90 Å². The summed E-state index contributed by atoms with van der Waals surface area (Å²) in [6, 6.07) is 16.3. The molecule has 0 saturated carbocycles. The molecule has 7 heteroatoms. The van der Waals surface area contributed by atoms with Gasteiger partial charge in [-0.15, -0.1) is 5.10 Å². The molecule has 30 heavy (non-hydrogen) atoms. The molecular weight excluding hydrogens is 374 g/mol. The summed E-state index contributed by atoms with van der Waals surface area (Å²) in [6.07, 6.45) is 0. The summed E-state index contributed by atoms with van der Waals surface area (Å²) >= 11 is 0. The van der Waals surface area contributed by atoms with E-state index in [1.54, 1.807) is 0 Å². The lowest BCUT2D eigenvalue weighted by Crippen LogP contribution is -2.26. The molecule has 4 rings (SSSR count). The number of hydrogen-bond donors (Lipinski definition) is 0. The van der Waals surface area contributed by atoms with E-state index < -0.39 is 0 Å². The zero-order chi connectivity index (χ0) is 21.4. The molecule has 2 aromatic heterocycles. The van der Waals surface area contributed by atoms with Gasteiger partial charge in [-0.1, -0.05) is 36.4 Å². The van der Waals surface area contributed by atoms with Crippen molar-refractivity contribution in [2.45, 2.75) is 33.7 Å². The van der Waals surface area contributed by atoms with Crippen LogP contribution in [0.25, 0.3) is 11.4 Å². The van der Waals surface area contributed by atoms with Crippen LogP contribution in [0.1, 0.15) is 39.9 Å². The molecule has 0 spiro atoms. The van der Waals surface area contributed by atoms with E-state index in [9.17, 15) is 0 Å². The monoisotopic (exact) mass is 401 g/mol. The van der Waals surface area contributed by atoms with Crippen LogP contribution in [0.4, 0.5) is 0 Å². The number of aromatic nitrogens is 6. The fourth-order valence-electron chi connectivity index (χ4n) is 4.15. The Morgan fingerprint density at radius 2 is 1.50 bits per heavy atom. The van der Waals surface area contributed by atoms with Gasteiger partial charge >= 0.3 is 0 Å². The average Bonchev–Trinajstić information content (AvgIpc) is 3.29. The Morgan fingerprint density at radius 1 is 0.833 bits per heavy atom. The van der Waals surface area contributed by atoms with E-state index in [1.807, 2.05) is 48.6 Å². The van der Waals surface area contributed by atoms with Crippen LogP contribution in [-0.4, -0.2) is 49.0 Å². The molecule has 0 aliphatic rings. The van der Waals surface area contributed by atoms with Gasteiger partial charge in [-0.05, 0) is 75.5 Å². The van der Waals surface area contributed by atoms with E-state index in [4.69, 9.17) is 5.10 Å². The summed E-state index contributed by atoms with van der Waals surface area (Å²) in [6.45, 7) is 8.32. The van der Waals surface area contributed by atoms with Crippen LogP contribution in [-0.2, 0) is 0 Å². The van der Waals surface area contributed by atoms with Gasteiger partial charge in [0, 0.05) is 11.3 Å². The molecule has 2 heterocycles. The lowest BCUT2D eigenvalue weighted by molar-refractivity contribution is 0.323. The molecule has 0 fully saturated rings. The first kappa shape index (κ1) is 20.0. The Kier molecular flexibility index (Phi) is 5.22. The van der Waals surface area contributed by atoms with Gasteiger partial charge in [0.2, 0.25) is 0 Å². The summed E-state index contributed by atoms with van der Waals surface area (Å²) in [5.41, 5.74) is 7.49. The Hall–Kier alpha value is -3.32. The molecule has 7 nitrogen and oxygen atoms in total. The Bertz CT molecular complexity index is 1150. The number of aryl methyl sites for hydroxylation is 3. The second-order valence-corrected chi connectivity index (χ2v) is 7.89. The molecule has 0 radical (unpaired) electrons. The van der Waals surface area contributed by atoms with E-state index >= 15 is 0 Å². The maximum atomic E-state index is 4.84. The first-order chi connectivity index (χ1) is 14.4. The van der Waals surface area contributed by atoms with Crippen LogP contribution < -0.4 is 0 Å². The Morgan fingerprint density at radius 3 is 2.13 bits per heavy atom.